The van der Waals surface area contributed by atoms with Gasteiger partial charge in [0.1, 0.15) is 11.5 Å². The van der Waals surface area contributed by atoms with E-state index in [1.54, 1.807) is 14.2 Å². The van der Waals surface area contributed by atoms with E-state index in [-0.39, 0.29) is 0 Å². The Balaban J connectivity index is 1.36. The average Bonchev–Trinajstić information content (AvgIpc) is 2.75. The summed E-state index contributed by atoms with van der Waals surface area (Å²) in [6, 6.07) is 16.8. The van der Waals surface area contributed by atoms with Gasteiger partial charge in [0.05, 0.1) is 14.2 Å². The Bertz CT molecular complexity index is 569. The van der Waals surface area contributed by atoms with Gasteiger partial charge >= 0.3 is 0 Å². The maximum Gasteiger partial charge on any atom is 0.118 e. The van der Waals surface area contributed by atoms with Crippen molar-refractivity contribution in [1.82, 2.24) is 10.6 Å². The highest BCUT2D eigenvalue weighted by atomic mass is 16.5. The van der Waals surface area contributed by atoms with Crippen molar-refractivity contribution < 1.29 is 9.47 Å². The number of aryl methyl sites for hydroxylation is 2. The van der Waals surface area contributed by atoms with Crippen molar-refractivity contribution >= 4 is 0 Å². The maximum atomic E-state index is 5.19. The Hall–Kier alpha value is -2.04. The molecule has 0 spiro atoms. The van der Waals surface area contributed by atoms with Gasteiger partial charge in [-0.15, -0.1) is 0 Å². The minimum Gasteiger partial charge on any atom is -0.497 e. The standard InChI is InChI=1S/C24H36N2O2/c1-27-23-13-9-21(10-14-23)7-3-4-17-25-19-6-20-26-18-5-8-22-11-15-24(28-2)16-12-22/h9-16,25-26H,3-8,17-20H2,1-2H3. The largest absolute Gasteiger partial charge is 0.497 e. The van der Waals surface area contributed by atoms with Crippen LogP contribution in [0, 0.1) is 0 Å². The van der Waals surface area contributed by atoms with Crippen LogP contribution in [0.2, 0.25) is 0 Å². The first-order valence-electron chi connectivity index (χ1n) is 10.5. The molecule has 0 unspecified atom stereocenters. The molecule has 0 bridgehead atoms. The summed E-state index contributed by atoms with van der Waals surface area (Å²) in [6.45, 7) is 4.36. The molecule has 0 saturated carbocycles. The second-order valence-electron chi connectivity index (χ2n) is 7.11. The van der Waals surface area contributed by atoms with E-state index in [0.717, 1.165) is 50.5 Å². The molecule has 0 heterocycles. The molecule has 0 saturated heterocycles. The summed E-state index contributed by atoms with van der Waals surface area (Å²) in [5, 5.41) is 7.08. The van der Waals surface area contributed by atoms with Crippen LogP contribution >= 0.6 is 0 Å². The third-order valence-electron chi connectivity index (χ3n) is 4.91. The molecule has 0 aliphatic heterocycles. The van der Waals surface area contributed by atoms with Crippen molar-refractivity contribution in [2.75, 3.05) is 40.4 Å². The molecule has 154 valence electrons. The highest BCUT2D eigenvalue weighted by Gasteiger charge is 1.97. The van der Waals surface area contributed by atoms with Crippen LogP contribution in [0.15, 0.2) is 48.5 Å². The molecule has 0 amide bonds. The first kappa shape index (κ1) is 22.3. The molecule has 2 rings (SSSR count). The first-order chi connectivity index (χ1) is 13.8. The molecule has 0 atom stereocenters. The molecule has 0 aliphatic rings. The summed E-state index contributed by atoms with van der Waals surface area (Å²) in [7, 11) is 3.41. The Morgan fingerprint density at radius 3 is 1.46 bits per heavy atom. The summed E-state index contributed by atoms with van der Waals surface area (Å²) >= 11 is 0. The third kappa shape index (κ3) is 9.25. The third-order valence-corrected chi connectivity index (χ3v) is 4.91. The van der Waals surface area contributed by atoms with Crippen LogP contribution in [-0.4, -0.2) is 40.4 Å². The molecule has 0 fully saturated rings. The molecule has 28 heavy (non-hydrogen) atoms. The number of ether oxygens (including phenoxy) is 2. The number of rotatable bonds is 15. The van der Waals surface area contributed by atoms with E-state index in [2.05, 4.69) is 34.9 Å². The second kappa shape index (κ2) is 14.0. The molecule has 0 radical (unpaired) electrons. The van der Waals surface area contributed by atoms with Crippen molar-refractivity contribution in [3.8, 4) is 11.5 Å². The molecular weight excluding hydrogens is 348 g/mol. The minimum absolute atomic E-state index is 0.926. The lowest BCUT2D eigenvalue weighted by Crippen LogP contribution is -2.23. The summed E-state index contributed by atoms with van der Waals surface area (Å²) in [5.74, 6) is 1.86. The van der Waals surface area contributed by atoms with Gasteiger partial charge < -0.3 is 20.1 Å². The Labute approximate surface area is 170 Å². The van der Waals surface area contributed by atoms with Crippen molar-refractivity contribution in [2.24, 2.45) is 0 Å². The van der Waals surface area contributed by atoms with Crippen molar-refractivity contribution in [1.29, 1.82) is 0 Å². The van der Waals surface area contributed by atoms with Gasteiger partial charge in [0, 0.05) is 0 Å². The van der Waals surface area contributed by atoms with Gasteiger partial charge in [-0.05, 0) is 100 Å². The molecular formula is C24H36N2O2. The summed E-state index contributed by atoms with van der Waals surface area (Å²) in [4.78, 5) is 0. The topological polar surface area (TPSA) is 42.5 Å². The van der Waals surface area contributed by atoms with E-state index in [9.17, 15) is 0 Å². The average molecular weight is 385 g/mol. The Morgan fingerprint density at radius 2 is 0.964 bits per heavy atom. The summed E-state index contributed by atoms with van der Waals surface area (Å²) in [5.41, 5.74) is 2.76. The predicted molar refractivity (Wildman–Crippen MR) is 118 cm³/mol. The van der Waals surface area contributed by atoms with Crippen LogP contribution in [-0.2, 0) is 12.8 Å². The van der Waals surface area contributed by atoms with Gasteiger partial charge in [0.25, 0.3) is 0 Å². The smallest absolute Gasteiger partial charge is 0.118 e. The van der Waals surface area contributed by atoms with E-state index < -0.39 is 0 Å². The van der Waals surface area contributed by atoms with E-state index in [0.29, 0.717) is 0 Å². The fourth-order valence-electron chi connectivity index (χ4n) is 3.17. The summed E-state index contributed by atoms with van der Waals surface area (Å²) < 4.78 is 10.4. The van der Waals surface area contributed by atoms with Crippen molar-refractivity contribution in [3.63, 3.8) is 0 Å². The molecule has 2 N–H and O–H groups in total. The number of hydrogen-bond donors (Lipinski definition) is 2. The fourth-order valence-corrected chi connectivity index (χ4v) is 3.17. The molecule has 0 aromatic heterocycles. The number of methoxy groups -OCH3 is 2. The normalized spacial score (nSPS) is 10.8. The van der Waals surface area contributed by atoms with Crippen LogP contribution in [0.5, 0.6) is 11.5 Å². The van der Waals surface area contributed by atoms with E-state index in [4.69, 9.17) is 9.47 Å². The van der Waals surface area contributed by atoms with E-state index in [1.807, 2.05) is 24.3 Å². The van der Waals surface area contributed by atoms with Crippen LogP contribution in [0.1, 0.15) is 36.8 Å². The lowest BCUT2D eigenvalue weighted by atomic mass is 10.1. The molecule has 2 aromatic carbocycles. The number of nitrogens with one attached hydrogen (secondary N) is 2. The van der Waals surface area contributed by atoms with Crippen LogP contribution in [0.3, 0.4) is 0 Å². The number of hydrogen-bond acceptors (Lipinski definition) is 4. The highest BCUT2D eigenvalue weighted by Crippen LogP contribution is 2.13. The molecule has 4 nitrogen and oxygen atoms in total. The Morgan fingerprint density at radius 1 is 0.536 bits per heavy atom. The van der Waals surface area contributed by atoms with Gasteiger partial charge in [-0.25, -0.2) is 0 Å². The number of unbranched alkanes of at least 4 members (excludes halogenated alkanes) is 1. The van der Waals surface area contributed by atoms with Crippen LogP contribution in [0.25, 0.3) is 0 Å². The van der Waals surface area contributed by atoms with Crippen molar-refractivity contribution in [2.45, 2.75) is 38.5 Å². The van der Waals surface area contributed by atoms with Crippen molar-refractivity contribution in [3.05, 3.63) is 59.7 Å². The number of benzene rings is 2. The molecule has 0 aliphatic carbocycles. The van der Waals surface area contributed by atoms with Gasteiger partial charge in [-0.3, -0.25) is 0 Å². The lowest BCUT2D eigenvalue weighted by molar-refractivity contribution is 0.414. The first-order valence-corrected chi connectivity index (χ1v) is 10.5. The minimum atomic E-state index is 0.926. The molecule has 4 heteroatoms. The lowest BCUT2D eigenvalue weighted by Gasteiger charge is -2.07. The van der Waals surface area contributed by atoms with Gasteiger partial charge in [0.2, 0.25) is 0 Å². The van der Waals surface area contributed by atoms with Crippen LogP contribution in [0.4, 0.5) is 0 Å². The van der Waals surface area contributed by atoms with E-state index >= 15 is 0 Å². The zero-order valence-corrected chi connectivity index (χ0v) is 17.5. The van der Waals surface area contributed by atoms with Gasteiger partial charge in [-0.1, -0.05) is 24.3 Å². The quantitative estimate of drug-likeness (QED) is 0.451. The second-order valence-corrected chi connectivity index (χ2v) is 7.11. The van der Waals surface area contributed by atoms with E-state index in [1.165, 1.54) is 36.8 Å². The summed E-state index contributed by atoms with van der Waals surface area (Å²) in [6.07, 6.45) is 7.06. The zero-order chi connectivity index (χ0) is 19.9. The van der Waals surface area contributed by atoms with Crippen LogP contribution < -0.4 is 20.1 Å². The fraction of sp³-hybridized carbons (Fsp3) is 0.500. The zero-order valence-electron chi connectivity index (χ0n) is 17.5. The predicted octanol–water partition coefficient (Wildman–Crippen LogP) is 4.23. The highest BCUT2D eigenvalue weighted by molar-refractivity contribution is 5.27. The van der Waals surface area contributed by atoms with Gasteiger partial charge in [-0.2, -0.15) is 0 Å². The monoisotopic (exact) mass is 384 g/mol. The van der Waals surface area contributed by atoms with Gasteiger partial charge in [0.15, 0.2) is 0 Å². The maximum absolute atomic E-state index is 5.19. The molecule has 2 aromatic rings. The Kier molecular flexibility index (Phi) is 11.1. The SMILES string of the molecule is COc1ccc(CCCCNCCCNCCCc2ccc(OC)cc2)cc1.